The summed E-state index contributed by atoms with van der Waals surface area (Å²) in [6, 6.07) is 8.08. The van der Waals surface area contributed by atoms with E-state index in [0.717, 1.165) is 17.4 Å². The van der Waals surface area contributed by atoms with Crippen LogP contribution in [0.15, 0.2) is 41.6 Å². The molecule has 2 rings (SSSR count). The number of anilines is 1. The van der Waals surface area contributed by atoms with E-state index in [4.69, 9.17) is 16.3 Å². The van der Waals surface area contributed by atoms with Crippen LogP contribution < -0.4 is 10.2 Å². The number of hydrogen-bond acceptors (Lipinski definition) is 4. The van der Waals surface area contributed by atoms with Gasteiger partial charge in [0.1, 0.15) is 5.75 Å². The van der Waals surface area contributed by atoms with E-state index < -0.39 is 11.7 Å². The molecule has 0 fully saturated rings. The molecule has 0 amide bonds. The number of hydrazone groups is 1. The van der Waals surface area contributed by atoms with Crippen molar-refractivity contribution in [1.29, 1.82) is 0 Å². The molecule has 0 radical (unpaired) electrons. The molecule has 2 aromatic rings. The molecule has 1 heterocycles. The van der Waals surface area contributed by atoms with E-state index in [0.29, 0.717) is 18.3 Å². The summed E-state index contributed by atoms with van der Waals surface area (Å²) in [5, 5.41) is 4.03. The molecule has 0 aliphatic heterocycles. The Bertz CT molecular complexity index is 730. The zero-order chi connectivity index (χ0) is 17.7. The summed E-state index contributed by atoms with van der Waals surface area (Å²) in [6.45, 7) is 1.91. The summed E-state index contributed by atoms with van der Waals surface area (Å²) in [4.78, 5) is 3.68. The van der Waals surface area contributed by atoms with Gasteiger partial charge < -0.3 is 4.74 Å². The lowest BCUT2D eigenvalue weighted by Gasteiger charge is -2.10. The fraction of sp³-hybridized carbons (Fsp3) is 0.250. The number of nitrogens with zero attached hydrogens (tertiary/aromatic N) is 2. The van der Waals surface area contributed by atoms with E-state index in [1.165, 1.54) is 0 Å². The van der Waals surface area contributed by atoms with E-state index in [-0.39, 0.29) is 10.8 Å². The lowest BCUT2D eigenvalue weighted by atomic mass is 10.1. The molecule has 0 unspecified atom stereocenters. The second-order valence-corrected chi connectivity index (χ2v) is 5.21. The number of hydrogen-bond donors (Lipinski definition) is 1. The van der Waals surface area contributed by atoms with Crippen LogP contribution in [0.1, 0.15) is 24.5 Å². The summed E-state index contributed by atoms with van der Waals surface area (Å²) in [7, 11) is 1.57. The molecule has 8 heteroatoms. The Hall–Kier alpha value is -2.28. The average Bonchev–Trinajstić information content (AvgIpc) is 2.56. The number of nitrogens with one attached hydrogen (secondary N) is 1. The van der Waals surface area contributed by atoms with Gasteiger partial charge in [0.15, 0.2) is 5.82 Å². The van der Waals surface area contributed by atoms with Crippen LogP contribution in [0.2, 0.25) is 5.02 Å². The highest BCUT2D eigenvalue weighted by atomic mass is 35.5. The van der Waals surface area contributed by atoms with E-state index in [1.54, 1.807) is 19.2 Å². The van der Waals surface area contributed by atoms with Gasteiger partial charge in [0.05, 0.1) is 23.4 Å². The number of pyridine rings is 1. The standard InChI is InChI=1S/C16H15ClF3N3O/c1-3-14(10-4-6-12(24-2)7-5-10)22-23-15-13(17)8-11(9-21-15)16(18,19)20/h4-9H,3H2,1-2H3,(H,21,23)/b22-14-. The fourth-order valence-corrected chi connectivity index (χ4v) is 2.14. The minimum absolute atomic E-state index is 0.0594. The molecule has 0 spiro atoms. The number of aromatic nitrogens is 1. The van der Waals surface area contributed by atoms with Crippen molar-refractivity contribution < 1.29 is 17.9 Å². The van der Waals surface area contributed by atoms with Gasteiger partial charge in [0, 0.05) is 6.20 Å². The summed E-state index contributed by atoms with van der Waals surface area (Å²) in [6.07, 6.45) is -3.17. The van der Waals surface area contributed by atoms with Crippen molar-refractivity contribution in [3.63, 3.8) is 0 Å². The zero-order valence-electron chi connectivity index (χ0n) is 13.0. The van der Waals surface area contributed by atoms with Crippen molar-refractivity contribution >= 4 is 23.1 Å². The summed E-state index contributed by atoms with van der Waals surface area (Å²) in [5.41, 5.74) is 3.27. The second-order valence-electron chi connectivity index (χ2n) is 4.80. The molecule has 24 heavy (non-hydrogen) atoms. The first-order valence-electron chi connectivity index (χ1n) is 7.05. The number of alkyl halides is 3. The highest BCUT2D eigenvalue weighted by molar-refractivity contribution is 6.33. The summed E-state index contributed by atoms with van der Waals surface area (Å²) in [5.74, 6) is 0.777. The summed E-state index contributed by atoms with van der Waals surface area (Å²) < 4.78 is 42.9. The van der Waals surface area contributed by atoms with Gasteiger partial charge in [-0.1, -0.05) is 18.5 Å². The first kappa shape index (κ1) is 18.1. The minimum Gasteiger partial charge on any atom is -0.497 e. The van der Waals surface area contributed by atoms with Crippen LogP contribution in [0, 0.1) is 0 Å². The molecule has 1 aromatic carbocycles. The summed E-state index contributed by atoms with van der Waals surface area (Å²) >= 11 is 5.84. The molecule has 0 saturated heterocycles. The van der Waals surface area contributed by atoms with Gasteiger partial charge in [-0.15, -0.1) is 0 Å². The van der Waals surface area contributed by atoms with Crippen molar-refractivity contribution in [2.75, 3.05) is 12.5 Å². The first-order chi connectivity index (χ1) is 11.3. The zero-order valence-corrected chi connectivity index (χ0v) is 13.7. The smallest absolute Gasteiger partial charge is 0.417 e. The topological polar surface area (TPSA) is 46.5 Å². The molecule has 1 aromatic heterocycles. The highest BCUT2D eigenvalue weighted by Gasteiger charge is 2.31. The lowest BCUT2D eigenvalue weighted by molar-refractivity contribution is -0.137. The maximum atomic E-state index is 12.6. The Kier molecular flexibility index (Phi) is 5.66. The van der Waals surface area contributed by atoms with Crippen LogP contribution in [0.3, 0.4) is 0 Å². The molecular formula is C16H15ClF3N3O. The molecule has 0 aliphatic rings. The largest absolute Gasteiger partial charge is 0.497 e. The maximum Gasteiger partial charge on any atom is 0.417 e. The molecule has 1 N–H and O–H groups in total. The molecule has 0 aliphatic carbocycles. The van der Waals surface area contributed by atoms with Crippen LogP contribution >= 0.6 is 11.6 Å². The molecule has 0 saturated carbocycles. The normalized spacial score (nSPS) is 12.2. The first-order valence-corrected chi connectivity index (χ1v) is 7.42. The minimum atomic E-state index is -4.49. The SMILES string of the molecule is CC/C(=N/Nc1ncc(C(F)(F)F)cc1Cl)c1ccc(OC)cc1. The van der Waals surface area contributed by atoms with E-state index in [2.05, 4.69) is 15.5 Å². The van der Waals surface area contributed by atoms with Gasteiger partial charge in [0.2, 0.25) is 0 Å². The van der Waals surface area contributed by atoms with Crippen LogP contribution in [0.4, 0.5) is 19.0 Å². The van der Waals surface area contributed by atoms with Crippen molar-refractivity contribution in [2.24, 2.45) is 5.10 Å². The maximum absolute atomic E-state index is 12.6. The second kappa shape index (κ2) is 7.53. The lowest BCUT2D eigenvalue weighted by Crippen LogP contribution is -2.08. The average molecular weight is 358 g/mol. The number of halogens is 4. The van der Waals surface area contributed by atoms with Crippen LogP contribution in [-0.4, -0.2) is 17.8 Å². The molecule has 0 atom stereocenters. The van der Waals surface area contributed by atoms with Crippen molar-refractivity contribution in [2.45, 2.75) is 19.5 Å². The van der Waals surface area contributed by atoms with Gasteiger partial charge in [-0.2, -0.15) is 18.3 Å². The quantitative estimate of drug-likeness (QED) is 0.605. The Morgan fingerprint density at radius 2 is 1.96 bits per heavy atom. The molecule has 0 bridgehead atoms. The van der Waals surface area contributed by atoms with E-state index >= 15 is 0 Å². The molecule has 4 nitrogen and oxygen atoms in total. The molecular weight excluding hydrogens is 343 g/mol. The van der Waals surface area contributed by atoms with Gasteiger partial charge in [-0.3, -0.25) is 5.43 Å². The molecule has 128 valence electrons. The van der Waals surface area contributed by atoms with Crippen LogP contribution in [0.25, 0.3) is 0 Å². The van der Waals surface area contributed by atoms with Crippen LogP contribution in [0.5, 0.6) is 5.75 Å². The van der Waals surface area contributed by atoms with Crippen molar-refractivity contribution in [3.05, 3.63) is 52.7 Å². The third kappa shape index (κ3) is 4.38. The van der Waals surface area contributed by atoms with Crippen molar-refractivity contribution in [1.82, 2.24) is 4.98 Å². The predicted octanol–water partition coefficient (Wildman–Crippen LogP) is 4.99. The number of rotatable bonds is 5. The fourth-order valence-electron chi connectivity index (χ4n) is 1.93. The number of methoxy groups -OCH3 is 1. The Balaban J connectivity index is 2.21. The van der Waals surface area contributed by atoms with Crippen molar-refractivity contribution in [3.8, 4) is 5.75 Å². The number of benzene rings is 1. The van der Waals surface area contributed by atoms with Gasteiger partial charge in [-0.05, 0) is 42.3 Å². The van der Waals surface area contributed by atoms with Gasteiger partial charge >= 0.3 is 6.18 Å². The monoisotopic (exact) mass is 357 g/mol. The van der Waals surface area contributed by atoms with E-state index in [1.807, 2.05) is 19.1 Å². The van der Waals surface area contributed by atoms with Crippen LogP contribution in [-0.2, 0) is 6.18 Å². The Morgan fingerprint density at radius 1 is 1.29 bits per heavy atom. The highest BCUT2D eigenvalue weighted by Crippen LogP contribution is 2.32. The Morgan fingerprint density at radius 3 is 2.46 bits per heavy atom. The third-order valence-corrected chi connectivity index (χ3v) is 3.51. The third-order valence-electron chi connectivity index (χ3n) is 3.22. The predicted molar refractivity (Wildman–Crippen MR) is 87.7 cm³/mol. The van der Waals surface area contributed by atoms with Gasteiger partial charge in [0.25, 0.3) is 0 Å². The van der Waals surface area contributed by atoms with Gasteiger partial charge in [-0.25, -0.2) is 4.98 Å². The number of ether oxygens (including phenoxy) is 1. The van der Waals surface area contributed by atoms with E-state index in [9.17, 15) is 13.2 Å². The Labute approximate surface area is 142 Å².